The van der Waals surface area contributed by atoms with E-state index in [-0.39, 0.29) is 11.8 Å². The van der Waals surface area contributed by atoms with Crippen molar-refractivity contribution in [2.24, 2.45) is 0 Å². The minimum absolute atomic E-state index is 0.0621. The fourth-order valence-electron chi connectivity index (χ4n) is 1.69. The molecular formula is C12H6ClF6N3O. The van der Waals surface area contributed by atoms with E-state index in [1.807, 2.05) is 0 Å². The maximum atomic E-state index is 12.8. The van der Waals surface area contributed by atoms with Gasteiger partial charge in [0, 0.05) is 0 Å². The predicted octanol–water partition coefficient (Wildman–Crippen LogP) is 3.51. The Morgan fingerprint density at radius 3 is 1.91 bits per heavy atom. The number of hydrogen-bond acceptors (Lipinski definition) is 3. The van der Waals surface area contributed by atoms with E-state index in [4.69, 9.17) is 17.3 Å². The van der Waals surface area contributed by atoms with E-state index < -0.39 is 39.7 Å². The second-order valence-corrected chi connectivity index (χ2v) is 4.77. The maximum Gasteiger partial charge on any atom is 0.416 e. The van der Waals surface area contributed by atoms with E-state index in [0.717, 1.165) is 6.20 Å². The van der Waals surface area contributed by atoms with Crippen molar-refractivity contribution in [3.63, 3.8) is 0 Å². The number of alkyl halides is 6. The molecule has 0 radical (unpaired) electrons. The Morgan fingerprint density at radius 2 is 1.48 bits per heavy atom. The lowest BCUT2D eigenvalue weighted by Crippen LogP contribution is -2.23. The van der Waals surface area contributed by atoms with E-state index in [2.05, 4.69) is 5.10 Å². The van der Waals surface area contributed by atoms with Crippen LogP contribution < -0.4 is 11.3 Å². The number of hydrogen-bond donors (Lipinski definition) is 1. The molecule has 0 spiro atoms. The van der Waals surface area contributed by atoms with Crippen molar-refractivity contribution in [3.05, 3.63) is 50.9 Å². The van der Waals surface area contributed by atoms with E-state index >= 15 is 0 Å². The summed E-state index contributed by atoms with van der Waals surface area (Å²) < 4.78 is 77.0. The summed E-state index contributed by atoms with van der Waals surface area (Å²) in [4.78, 5) is 11.8. The van der Waals surface area contributed by atoms with Crippen LogP contribution in [0.2, 0.25) is 5.02 Å². The Morgan fingerprint density at radius 1 is 1.00 bits per heavy atom. The third-order valence-corrected chi connectivity index (χ3v) is 3.14. The smallest absolute Gasteiger partial charge is 0.396 e. The standard InChI is InChI=1S/C12H6ClF6N3O/c13-9-8(20)4-21-22(10(9)23)7-2-5(11(14,15)16)1-6(3-7)12(17,18)19/h1-4H,20H2. The lowest BCUT2D eigenvalue weighted by molar-refractivity contribution is -0.143. The third-order valence-electron chi connectivity index (χ3n) is 2.76. The highest BCUT2D eigenvalue weighted by Gasteiger charge is 2.37. The molecular weight excluding hydrogens is 352 g/mol. The number of nitrogens with two attached hydrogens (primary N) is 1. The Bertz CT molecular complexity index is 780. The van der Waals surface area contributed by atoms with Crippen LogP contribution in [0.1, 0.15) is 11.1 Å². The topological polar surface area (TPSA) is 60.9 Å². The van der Waals surface area contributed by atoms with Crippen molar-refractivity contribution in [1.82, 2.24) is 9.78 Å². The molecule has 0 aliphatic heterocycles. The van der Waals surface area contributed by atoms with Crippen LogP contribution in [-0.2, 0) is 12.4 Å². The molecule has 11 heteroatoms. The fraction of sp³-hybridized carbons (Fsp3) is 0.167. The van der Waals surface area contributed by atoms with Crippen molar-refractivity contribution in [2.45, 2.75) is 12.4 Å². The second-order valence-electron chi connectivity index (χ2n) is 4.39. The van der Waals surface area contributed by atoms with Crippen LogP contribution in [0, 0.1) is 0 Å². The quantitative estimate of drug-likeness (QED) is 0.795. The van der Waals surface area contributed by atoms with Crippen LogP contribution in [0.5, 0.6) is 0 Å². The number of aromatic nitrogens is 2. The summed E-state index contributed by atoms with van der Waals surface area (Å²) in [7, 11) is 0. The Hall–Kier alpha value is -2.23. The minimum atomic E-state index is -5.04. The molecule has 4 nitrogen and oxygen atoms in total. The number of halogens is 7. The highest BCUT2D eigenvalue weighted by atomic mass is 35.5. The summed E-state index contributed by atoms with van der Waals surface area (Å²) >= 11 is 5.55. The normalized spacial score (nSPS) is 12.5. The SMILES string of the molecule is Nc1cnn(-c2cc(C(F)(F)F)cc(C(F)(F)F)c2)c(=O)c1Cl. The number of nitrogen functional groups attached to an aromatic ring is 1. The predicted molar refractivity (Wildman–Crippen MR) is 69.3 cm³/mol. The molecule has 124 valence electrons. The summed E-state index contributed by atoms with van der Waals surface area (Å²) in [5, 5.41) is 2.85. The summed E-state index contributed by atoms with van der Waals surface area (Å²) in [6.45, 7) is 0. The van der Waals surface area contributed by atoms with Crippen LogP contribution in [0.3, 0.4) is 0 Å². The summed E-state index contributed by atoms with van der Waals surface area (Å²) in [6, 6.07) is 0.653. The molecule has 0 aliphatic rings. The van der Waals surface area contributed by atoms with Gasteiger partial charge >= 0.3 is 12.4 Å². The zero-order chi connectivity index (χ0) is 17.6. The van der Waals surface area contributed by atoms with Gasteiger partial charge in [-0.3, -0.25) is 4.79 Å². The average Bonchev–Trinajstić information content (AvgIpc) is 2.42. The van der Waals surface area contributed by atoms with Gasteiger partial charge in [-0.05, 0) is 18.2 Å². The van der Waals surface area contributed by atoms with Gasteiger partial charge in [-0.2, -0.15) is 36.1 Å². The van der Waals surface area contributed by atoms with Crippen molar-refractivity contribution >= 4 is 17.3 Å². The van der Waals surface area contributed by atoms with Gasteiger partial charge in [0.1, 0.15) is 5.02 Å². The first-order valence-corrected chi connectivity index (χ1v) is 6.12. The molecule has 1 heterocycles. The molecule has 0 atom stereocenters. The molecule has 23 heavy (non-hydrogen) atoms. The Balaban J connectivity index is 2.78. The minimum Gasteiger partial charge on any atom is -0.396 e. The number of rotatable bonds is 1. The van der Waals surface area contributed by atoms with Crippen LogP contribution >= 0.6 is 11.6 Å². The molecule has 1 aromatic heterocycles. The maximum absolute atomic E-state index is 12.8. The molecule has 0 saturated carbocycles. The zero-order valence-corrected chi connectivity index (χ0v) is 11.6. The largest absolute Gasteiger partial charge is 0.416 e. The monoisotopic (exact) mass is 357 g/mol. The van der Waals surface area contributed by atoms with Gasteiger partial charge in [0.05, 0.1) is 28.7 Å². The molecule has 0 saturated heterocycles. The number of nitrogens with zero attached hydrogens (tertiary/aromatic N) is 2. The lowest BCUT2D eigenvalue weighted by Gasteiger charge is -2.14. The van der Waals surface area contributed by atoms with Crippen molar-refractivity contribution < 1.29 is 26.3 Å². The van der Waals surface area contributed by atoms with Crippen LogP contribution in [0.25, 0.3) is 5.69 Å². The molecule has 2 aromatic rings. The highest BCUT2D eigenvalue weighted by Crippen LogP contribution is 2.36. The average molecular weight is 358 g/mol. The zero-order valence-electron chi connectivity index (χ0n) is 10.8. The first-order chi connectivity index (χ1) is 10.4. The van der Waals surface area contributed by atoms with Gasteiger partial charge in [-0.1, -0.05) is 11.6 Å². The molecule has 2 rings (SSSR count). The van der Waals surface area contributed by atoms with E-state index in [1.54, 1.807) is 0 Å². The van der Waals surface area contributed by atoms with Crippen molar-refractivity contribution in [2.75, 3.05) is 5.73 Å². The van der Waals surface area contributed by atoms with Gasteiger partial charge in [-0.25, -0.2) is 0 Å². The highest BCUT2D eigenvalue weighted by molar-refractivity contribution is 6.32. The van der Waals surface area contributed by atoms with E-state index in [9.17, 15) is 31.1 Å². The van der Waals surface area contributed by atoms with Crippen LogP contribution in [-0.4, -0.2) is 9.78 Å². The first kappa shape index (κ1) is 17.1. The third kappa shape index (κ3) is 3.41. The van der Waals surface area contributed by atoms with Crippen LogP contribution in [0.4, 0.5) is 32.0 Å². The first-order valence-electron chi connectivity index (χ1n) is 5.74. The van der Waals surface area contributed by atoms with Gasteiger partial charge in [-0.15, -0.1) is 0 Å². The van der Waals surface area contributed by atoms with E-state index in [0.29, 0.717) is 16.8 Å². The lowest BCUT2D eigenvalue weighted by atomic mass is 10.1. The van der Waals surface area contributed by atoms with Crippen LogP contribution in [0.15, 0.2) is 29.2 Å². The van der Waals surface area contributed by atoms with Gasteiger partial charge in [0.15, 0.2) is 0 Å². The molecule has 1 aromatic carbocycles. The van der Waals surface area contributed by atoms with E-state index in [1.165, 1.54) is 0 Å². The molecule has 0 unspecified atom stereocenters. The Labute approximate surface area is 129 Å². The fourth-order valence-corrected chi connectivity index (χ4v) is 1.82. The molecule has 2 N–H and O–H groups in total. The Kier molecular flexibility index (Phi) is 4.05. The summed E-state index contributed by atoms with van der Waals surface area (Å²) in [5.74, 6) is 0. The second kappa shape index (κ2) is 5.44. The molecule has 0 fully saturated rings. The number of anilines is 1. The molecule has 0 amide bonds. The summed E-state index contributed by atoms with van der Waals surface area (Å²) in [5.41, 5.74) is 0.00839. The van der Waals surface area contributed by atoms with Gasteiger partial charge < -0.3 is 5.73 Å². The molecule has 0 bridgehead atoms. The van der Waals surface area contributed by atoms with Crippen molar-refractivity contribution in [3.8, 4) is 5.69 Å². The number of benzene rings is 1. The molecule has 0 aliphatic carbocycles. The van der Waals surface area contributed by atoms with Gasteiger partial charge in [0.25, 0.3) is 5.56 Å². The summed E-state index contributed by atoms with van der Waals surface area (Å²) in [6.07, 6.45) is -9.24. The van der Waals surface area contributed by atoms with Crippen molar-refractivity contribution in [1.29, 1.82) is 0 Å². The van der Waals surface area contributed by atoms with Gasteiger partial charge in [0.2, 0.25) is 0 Å².